The Bertz CT molecular complexity index is 1110. The fraction of sp³-hybridized carbons (Fsp3) is 0.464. The second-order valence-electron chi connectivity index (χ2n) is 9.82. The zero-order valence-corrected chi connectivity index (χ0v) is 22.0. The highest BCUT2D eigenvalue weighted by molar-refractivity contribution is 5.66. The Morgan fingerprint density at radius 1 is 1.29 bits per heavy atom. The molecule has 1 aliphatic rings. The standard InChI is InChI=1S/C28H39FN6/c1-9-11-23-14-12-22-13-15-25(20(5)31-17-28(7,8)29)34-26(22)35(23)21(6)33-27-30-16-24(18(3)10-2)19(4)32-27/h10,13,15-16,23,31H,5-6,9,11-12,14,17H2,1-4,7-8H3,(H,30,32,33)/b18-10-. The van der Waals surface area contributed by atoms with E-state index in [2.05, 4.69) is 64.6 Å². The fourth-order valence-corrected chi connectivity index (χ4v) is 4.29. The van der Waals surface area contributed by atoms with E-state index in [1.54, 1.807) is 0 Å². The predicted molar refractivity (Wildman–Crippen MR) is 145 cm³/mol. The average molecular weight is 479 g/mol. The van der Waals surface area contributed by atoms with Gasteiger partial charge in [-0.05, 0) is 71.1 Å². The van der Waals surface area contributed by atoms with Gasteiger partial charge >= 0.3 is 0 Å². The third-order valence-corrected chi connectivity index (χ3v) is 6.33. The Balaban J connectivity index is 1.90. The lowest BCUT2D eigenvalue weighted by Gasteiger charge is -2.39. The molecule has 0 aromatic carbocycles. The van der Waals surface area contributed by atoms with E-state index >= 15 is 0 Å². The first-order valence-corrected chi connectivity index (χ1v) is 12.4. The van der Waals surface area contributed by atoms with Crippen molar-refractivity contribution in [3.63, 3.8) is 0 Å². The maximum atomic E-state index is 14.0. The summed E-state index contributed by atoms with van der Waals surface area (Å²) >= 11 is 0. The van der Waals surface area contributed by atoms with Gasteiger partial charge in [0.05, 0.1) is 17.1 Å². The number of hydrogen-bond donors (Lipinski definition) is 2. The summed E-state index contributed by atoms with van der Waals surface area (Å²) in [5.74, 6) is 2.05. The SMILES string of the molecule is C=C(NCC(C)(C)F)c1ccc2c(n1)N(C(=C)Nc1ncc(/C(C)=C\C)c(C)n1)C(CCC)CC2. The Morgan fingerprint density at radius 3 is 2.66 bits per heavy atom. The van der Waals surface area contributed by atoms with Crippen LogP contribution in [0.2, 0.25) is 0 Å². The highest BCUT2D eigenvalue weighted by Gasteiger charge is 2.30. The molecule has 3 heterocycles. The molecule has 0 radical (unpaired) electrons. The van der Waals surface area contributed by atoms with Crippen molar-refractivity contribution in [1.82, 2.24) is 20.3 Å². The van der Waals surface area contributed by atoms with Gasteiger partial charge in [0.15, 0.2) is 0 Å². The van der Waals surface area contributed by atoms with Crippen molar-refractivity contribution in [2.75, 3.05) is 16.8 Å². The van der Waals surface area contributed by atoms with Crippen molar-refractivity contribution < 1.29 is 4.39 Å². The van der Waals surface area contributed by atoms with Crippen LogP contribution in [0.1, 0.15) is 76.4 Å². The predicted octanol–water partition coefficient (Wildman–Crippen LogP) is 6.42. The molecule has 0 spiro atoms. The first-order chi connectivity index (χ1) is 16.5. The fourth-order valence-electron chi connectivity index (χ4n) is 4.29. The maximum Gasteiger partial charge on any atom is 0.228 e. The lowest BCUT2D eigenvalue weighted by Crippen LogP contribution is -2.41. The van der Waals surface area contributed by atoms with Gasteiger partial charge in [-0.1, -0.05) is 38.6 Å². The van der Waals surface area contributed by atoms with Crippen LogP contribution in [0, 0.1) is 6.92 Å². The van der Waals surface area contributed by atoms with Gasteiger partial charge in [-0.15, -0.1) is 0 Å². The number of anilines is 2. The van der Waals surface area contributed by atoms with Gasteiger partial charge in [0.2, 0.25) is 5.95 Å². The number of hydrogen-bond acceptors (Lipinski definition) is 6. The number of allylic oxidation sites excluding steroid dienone is 2. The minimum atomic E-state index is -1.34. The number of aromatic nitrogens is 3. The van der Waals surface area contributed by atoms with Gasteiger partial charge in [0.1, 0.15) is 17.3 Å². The molecule has 0 saturated heterocycles. The maximum absolute atomic E-state index is 14.0. The quantitative estimate of drug-likeness (QED) is 0.411. The topological polar surface area (TPSA) is 66.0 Å². The van der Waals surface area contributed by atoms with Gasteiger partial charge < -0.3 is 15.5 Å². The number of aryl methyl sites for hydroxylation is 2. The summed E-state index contributed by atoms with van der Waals surface area (Å²) < 4.78 is 14.0. The molecule has 0 bridgehead atoms. The third kappa shape index (κ3) is 6.47. The van der Waals surface area contributed by atoms with Crippen LogP contribution in [0.5, 0.6) is 0 Å². The molecular formula is C28H39FN6. The molecule has 1 aliphatic heterocycles. The molecule has 0 saturated carbocycles. The number of pyridine rings is 1. The number of alkyl halides is 1. The number of halogens is 1. The van der Waals surface area contributed by atoms with Crippen molar-refractivity contribution >= 4 is 23.0 Å². The van der Waals surface area contributed by atoms with Crippen molar-refractivity contribution in [1.29, 1.82) is 0 Å². The van der Waals surface area contributed by atoms with Crippen LogP contribution in [0.25, 0.3) is 11.3 Å². The summed E-state index contributed by atoms with van der Waals surface area (Å²) in [6.45, 7) is 19.9. The lowest BCUT2D eigenvalue weighted by molar-refractivity contribution is 0.219. The van der Waals surface area contributed by atoms with Crippen LogP contribution < -0.4 is 15.5 Å². The second-order valence-corrected chi connectivity index (χ2v) is 9.82. The van der Waals surface area contributed by atoms with E-state index in [0.29, 0.717) is 23.2 Å². The van der Waals surface area contributed by atoms with Crippen molar-refractivity contribution in [3.05, 3.63) is 65.9 Å². The van der Waals surface area contributed by atoms with E-state index in [4.69, 9.17) is 4.98 Å². The van der Waals surface area contributed by atoms with E-state index in [0.717, 1.165) is 53.9 Å². The normalized spacial score (nSPS) is 16.0. The third-order valence-electron chi connectivity index (χ3n) is 6.33. The highest BCUT2D eigenvalue weighted by atomic mass is 19.1. The Kier molecular flexibility index (Phi) is 8.30. The first kappa shape index (κ1) is 26.4. The minimum Gasteiger partial charge on any atom is -0.381 e. The van der Waals surface area contributed by atoms with Crippen LogP contribution in [0.3, 0.4) is 0 Å². The zero-order valence-electron chi connectivity index (χ0n) is 22.0. The van der Waals surface area contributed by atoms with Crippen LogP contribution in [-0.2, 0) is 6.42 Å². The molecule has 0 fully saturated rings. The molecule has 3 rings (SSSR count). The van der Waals surface area contributed by atoms with Crippen LogP contribution in [-0.4, -0.2) is 33.2 Å². The summed E-state index contributed by atoms with van der Waals surface area (Å²) in [6.07, 6.45) is 7.92. The Labute approximate surface area is 209 Å². The molecule has 6 nitrogen and oxygen atoms in total. The minimum absolute atomic E-state index is 0.167. The Morgan fingerprint density at radius 2 is 2.03 bits per heavy atom. The monoisotopic (exact) mass is 478 g/mol. The number of nitrogens with zero attached hydrogens (tertiary/aromatic N) is 4. The van der Waals surface area contributed by atoms with Crippen LogP contribution in [0.4, 0.5) is 16.2 Å². The summed E-state index contributed by atoms with van der Waals surface area (Å²) in [7, 11) is 0. The molecule has 35 heavy (non-hydrogen) atoms. The van der Waals surface area contributed by atoms with Gasteiger partial charge in [-0.2, -0.15) is 0 Å². The molecule has 2 N–H and O–H groups in total. The largest absolute Gasteiger partial charge is 0.381 e. The molecule has 2 aromatic rings. The summed E-state index contributed by atoms with van der Waals surface area (Å²) in [5, 5.41) is 6.40. The molecular weight excluding hydrogens is 439 g/mol. The molecule has 1 unspecified atom stereocenters. The van der Waals surface area contributed by atoms with Crippen molar-refractivity contribution in [3.8, 4) is 0 Å². The molecule has 0 amide bonds. The smallest absolute Gasteiger partial charge is 0.228 e. The van der Waals surface area contributed by atoms with E-state index in [-0.39, 0.29) is 12.6 Å². The van der Waals surface area contributed by atoms with Gasteiger partial charge in [0.25, 0.3) is 0 Å². The highest BCUT2D eigenvalue weighted by Crippen LogP contribution is 2.34. The van der Waals surface area contributed by atoms with Crippen molar-refractivity contribution in [2.24, 2.45) is 0 Å². The molecule has 0 aliphatic carbocycles. The summed E-state index contributed by atoms with van der Waals surface area (Å²) in [6, 6.07) is 4.29. The molecule has 188 valence electrons. The van der Waals surface area contributed by atoms with E-state index < -0.39 is 5.67 Å². The molecule has 1 atom stereocenters. The number of nitrogens with one attached hydrogen (secondary N) is 2. The van der Waals surface area contributed by atoms with Crippen LogP contribution in [0.15, 0.2) is 43.4 Å². The van der Waals surface area contributed by atoms with Gasteiger partial charge in [-0.25, -0.2) is 19.3 Å². The van der Waals surface area contributed by atoms with E-state index in [1.165, 1.54) is 13.8 Å². The first-order valence-electron chi connectivity index (χ1n) is 12.4. The van der Waals surface area contributed by atoms with Crippen LogP contribution >= 0.6 is 0 Å². The van der Waals surface area contributed by atoms with E-state index in [1.807, 2.05) is 26.1 Å². The van der Waals surface area contributed by atoms with Gasteiger partial charge in [-0.3, -0.25) is 0 Å². The van der Waals surface area contributed by atoms with Gasteiger partial charge in [0, 0.05) is 24.3 Å². The zero-order chi connectivity index (χ0) is 25.8. The van der Waals surface area contributed by atoms with Crippen molar-refractivity contribution in [2.45, 2.75) is 78.9 Å². The second kappa shape index (κ2) is 11.0. The average Bonchev–Trinajstić information content (AvgIpc) is 2.81. The summed E-state index contributed by atoms with van der Waals surface area (Å²) in [4.78, 5) is 16.3. The Hall–Kier alpha value is -3.22. The molecule has 7 heteroatoms. The summed E-state index contributed by atoms with van der Waals surface area (Å²) in [5.41, 5.74) is 4.19. The number of rotatable bonds is 10. The molecule has 2 aromatic heterocycles. The lowest BCUT2D eigenvalue weighted by atomic mass is 9.95. The number of fused-ring (bicyclic) bond motifs is 1. The van der Waals surface area contributed by atoms with E-state index in [9.17, 15) is 4.39 Å².